The van der Waals surface area contributed by atoms with E-state index in [2.05, 4.69) is 10.6 Å². The van der Waals surface area contributed by atoms with E-state index < -0.39 is 0 Å². The van der Waals surface area contributed by atoms with Gasteiger partial charge in [-0.2, -0.15) is 0 Å². The van der Waals surface area contributed by atoms with Crippen molar-refractivity contribution < 1.29 is 28.5 Å². The Labute approximate surface area is 251 Å². The van der Waals surface area contributed by atoms with Crippen molar-refractivity contribution in [1.29, 1.82) is 0 Å². The molecule has 1 heterocycles. The van der Waals surface area contributed by atoms with Gasteiger partial charge in [0.25, 0.3) is 11.8 Å². The number of hydrogen-bond acceptors (Lipinski definition) is 7. The number of methoxy groups -OCH3 is 1. The summed E-state index contributed by atoms with van der Waals surface area (Å²) in [5.41, 5.74) is 3.76. The highest BCUT2D eigenvalue weighted by atomic mass is 32.1. The summed E-state index contributed by atoms with van der Waals surface area (Å²) in [6.07, 6.45) is 2.29. The summed E-state index contributed by atoms with van der Waals surface area (Å²) in [6, 6.07) is 18.5. The van der Waals surface area contributed by atoms with Gasteiger partial charge in [0.1, 0.15) is 5.70 Å². The Morgan fingerprint density at radius 3 is 2.40 bits per heavy atom. The number of ether oxygens (including phenoxy) is 4. The quantitative estimate of drug-likeness (QED) is 0.210. The van der Waals surface area contributed by atoms with E-state index >= 15 is 0 Å². The predicted octanol–water partition coefficient (Wildman–Crippen LogP) is 5.12. The fourth-order valence-electron chi connectivity index (χ4n) is 4.37. The molecule has 1 fully saturated rings. The van der Waals surface area contributed by atoms with Crippen LogP contribution in [0, 0.1) is 6.92 Å². The zero-order valence-electron chi connectivity index (χ0n) is 24.2. The zero-order valence-corrected chi connectivity index (χ0v) is 25.0. The van der Waals surface area contributed by atoms with Gasteiger partial charge in [0.15, 0.2) is 34.7 Å². The first-order chi connectivity index (χ1) is 20.3. The number of carbonyl (C=O) groups excluding carboxylic acids is 2. The zero-order chi connectivity index (χ0) is 30.1. The Hall–Kier alpha value is -4.57. The van der Waals surface area contributed by atoms with Crippen molar-refractivity contribution in [2.24, 2.45) is 0 Å². The summed E-state index contributed by atoms with van der Waals surface area (Å²) >= 11 is 5.46. The Bertz CT molecular complexity index is 1490. The normalized spacial score (nSPS) is 13.6. The number of amides is 2. The molecule has 0 radical (unpaired) electrons. The van der Waals surface area contributed by atoms with Crippen molar-refractivity contribution in [3.8, 4) is 23.0 Å². The lowest BCUT2D eigenvalue weighted by Crippen LogP contribution is -2.32. The van der Waals surface area contributed by atoms with Crippen LogP contribution in [0.4, 0.5) is 5.69 Å². The summed E-state index contributed by atoms with van der Waals surface area (Å²) < 4.78 is 22.6. The van der Waals surface area contributed by atoms with E-state index in [4.69, 9.17) is 31.2 Å². The van der Waals surface area contributed by atoms with Gasteiger partial charge >= 0.3 is 0 Å². The first-order valence-electron chi connectivity index (χ1n) is 13.7. The second-order valence-corrected chi connectivity index (χ2v) is 9.79. The summed E-state index contributed by atoms with van der Waals surface area (Å²) in [4.78, 5) is 27.1. The molecular formula is C32H35N3O6S. The standard InChI is InChI=1S/C32H35N3O6S/c1-5-39-27-13-11-22(18-29(27)40-6-2)15-16-35-31(37)25(34-32(35)42)17-23-12-14-26(28(19-23)38-4)41-20-30(36)33-24-10-8-7-9-21(24)3/h7-14,17-19H,5-6,15-16,20H2,1-4H3,(H,33,36)(H,34,42)/b25-17+. The lowest BCUT2D eigenvalue weighted by molar-refractivity contribution is -0.122. The molecule has 3 aromatic carbocycles. The molecule has 2 N–H and O–H groups in total. The van der Waals surface area contributed by atoms with Gasteiger partial charge in [-0.1, -0.05) is 30.3 Å². The summed E-state index contributed by atoms with van der Waals surface area (Å²) in [6.45, 7) is 7.06. The minimum Gasteiger partial charge on any atom is -0.493 e. The third kappa shape index (κ3) is 7.58. The molecule has 0 aliphatic carbocycles. The van der Waals surface area contributed by atoms with Crippen molar-refractivity contribution in [2.75, 3.05) is 38.8 Å². The van der Waals surface area contributed by atoms with E-state index in [1.165, 1.54) is 7.11 Å². The Balaban J connectivity index is 1.38. The molecule has 0 aromatic heterocycles. The molecule has 1 saturated heterocycles. The maximum atomic E-state index is 13.2. The first-order valence-corrected chi connectivity index (χ1v) is 14.1. The summed E-state index contributed by atoms with van der Waals surface area (Å²) in [5.74, 6) is 1.71. The van der Waals surface area contributed by atoms with Crippen molar-refractivity contribution in [2.45, 2.75) is 27.2 Å². The van der Waals surface area contributed by atoms with Crippen LogP contribution in [-0.2, 0) is 16.0 Å². The molecule has 9 nitrogen and oxygen atoms in total. The van der Waals surface area contributed by atoms with Crippen molar-refractivity contribution >= 4 is 40.9 Å². The first kappa shape index (κ1) is 30.4. The minimum absolute atomic E-state index is 0.186. The molecule has 0 bridgehead atoms. The SMILES string of the molecule is CCOc1ccc(CCN2C(=O)/C(=C\c3ccc(OCC(=O)Nc4ccccc4C)c(OC)c3)NC2=S)cc1OCC. The maximum Gasteiger partial charge on any atom is 0.276 e. The second-order valence-electron chi connectivity index (χ2n) is 9.40. The molecule has 2 amide bonds. The van der Waals surface area contributed by atoms with Crippen molar-refractivity contribution in [3.63, 3.8) is 0 Å². The molecule has 4 rings (SSSR count). The van der Waals surface area contributed by atoms with E-state index in [0.717, 1.165) is 16.8 Å². The van der Waals surface area contributed by atoms with Crippen LogP contribution in [-0.4, -0.2) is 55.3 Å². The fraction of sp³-hybridized carbons (Fsp3) is 0.281. The number of aryl methyl sites for hydroxylation is 1. The molecule has 1 aliphatic rings. The fourth-order valence-corrected chi connectivity index (χ4v) is 4.65. The lowest BCUT2D eigenvalue weighted by Gasteiger charge is -2.16. The number of thiocarbonyl (C=S) groups is 1. The van der Waals surface area contributed by atoms with Crippen molar-refractivity contribution in [3.05, 3.63) is 83.1 Å². The smallest absolute Gasteiger partial charge is 0.276 e. The Kier molecular flexibility index (Phi) is 10.4. The van der Waals surface area contributed by atoms with Crippen LogP contribution in [0.15, 0.2) is 66.4 Å². The molecule has 10 heteroatoms. The number of rotatable bonds is 13. The average molecular weight is 590 g/mol. The average Bonchev–Trinajstić information content (AvgIpc) is 3.25. The molecule has 1 aliphatic heterocycles. The van der Waals surface area contributed by atoms with E-state index in [1.807, 2.05) is 63.2 Å². The number of carbonyl (C=O) groups is 2. The topological polar surface area (TPSA) is 98.4 Å². The van der Waals surface area contributed by atoms with Gasteiger partial charge in [-0.05, 0) is 92.5 Å². The third-order valence-corrected chi connectivity index (χ3v) is 6.79. The van der Waals surface area contributed by atoms with Crippen LogP contribution in [0.1, 0.15) is 30.5 Å². The number of nitrogens with one attached hydrogen (secondary N) is 2. The number of hydrogen-bond donors (Lipinski definition) is 2. The van der Waals surface area contributed by atoms with Gasteiger partial charge in [-0.15, -0.1) is 0 Å². The minimum atomic E-state index is -0.286. The molecule has 0 saturated carbocycles. The van der Waals surface area contributed by atoms with Gasteiger partial charge in [-0.3, -0.25) is 14.5 Å². The Morgan fingerprint density at radius 1 is 0.952 bits per heavy atom. The van der Waals surface area contributed by atoms with Crippen LogP contribution in [0.2, 0.25) is 0 Å². The van der Waals surface area contributed by atoms with Gasteiger partial charge in [0.2, 0.25) is 0 Å². The van der Waals surface area contributed by atoms with E-state index in [9.17, 15) is 9.59 Å². The van der Waals surface area contributed by atoms with Crippen LogP contribution in [0.5, 0.6) is 23.0 Å². The lowest BCUT2D eigenvalue weighted by atomic mass is 10.1. The Morgan fingerprint density at radius 2 is 1.67 bits per heavy atom. The van der Waals surface area contributed by atoms with Crippen LogP contribution in [0.3, 0.4) is 0 Å². The highest BCUT2D eigenvalue weighted by molar-refractivity contribution is 7.80. The molecule has 42 heavy (non-hydrogen) atoms. The number of benzene rings is 3. The third-order valence-electron chi connectivity index (χ3n) is 6.47. The van der Waals surface area contributed by atoms with E-state index in [1.54, 1.807) is 29.2 Å². The number of nitrogens with zero attached hydrogens (tertiary/aromatic N) is 1. The number of para-hydroxylation sites is 1. The highest BCUT2D eigenvalue weighted by Gasteiger charge is 2.30. The summed E-state index contributed by atoms with van der Waals surface area (Å²) in [5, 5.41) is 6.20. The molecule has 220 valence electrons. The van der Waals surface area contributed by atoms with Gasteiger partial charge in [0, 0.05) is 12.2 Å². The second kappa shape index (κ2) is 14.4. The largest absolute Gasteiger partial charge is 0.493 e. The number of anilines is 1. The molecule has 0 atom stereocenters. The van der Waals surface area contributed by atoms with E-state index in [0.29, 0.717) is 65.6 Å². The monoisotopic (exact) mass is 589 g/mol. The molecule has 0 spiro atoms. The summed E-state index contributed by atoms with van der Waals surface area (Å²) in [7, 11) is 1.51. The highest BCUT2D eigenvalue weighted by Crippen LogP contribution is 2.30. The van der Waals surface area contributed by atoms with Gasteiger partial charge < -0.3 is 29.6 Å². The molecule has 3 aromatic rings. The van der Waals surface area contributed by atoms with Crippen molar-refractivity contribution in [1.82, 2.24) is 10.2 Å². The maximum absolute atomic E-state index is 13.2. The van der Waals surface area contributed by atoms with Gasteiger partial charge in [-0.25, -0.2) is 0 Å². The predicted molar refractivity (Wildman–Crippen MR) is 166 cm³/mol. The van der Waals surface area contributed by atoms with Crippen LogP contribution in [0.25, 0.3) is 6.08 Å². The van der Waals surface area contributed by atoms with Crippen LogP contribution < -0.4 is 29.6 Å². The van der Waals surface area contributed by atoms with Gasteiger partial charge in [0.05, 0.1) is 20.3 Å². The van der Waals surface area contributed by atoms with Crippen LogP contribution >= 0.6 is 12.2 Å². The molecule has 0 unspecified atom stereocenters. The molecular weight excluding hydrogens is 554 g/mol. The van der Waals surface area contributed by atoms with E-state index in [-0.39, 0.29) is 18.4 Å².